The molecule has 14 heavy (non-hydrogen) atoms. The van der Waals surface area contributed by atoms with Gasteiger partial charge in [0.15, 0.2) is 0 Å². The fourth-order valence-electron chi connectivity index (χ4n) is 1.01. The van der Waals surface area contributed by atoms with Gasteiger partial charge in [-0.15, -0.1) is 0 Å². The molecule has 0 saturated heterocycles. The van der Waals surface area contributed by atoms with Crippen LogP contribution in [0.4, 0.5) is 0 Å². The molecule has 0 aliphatic carbocycles. The average molecular weight is 280 g/mol. The van der Waals surface area contributed by atoms with Crippen LogP contribution in [0.3, 0.4) is 0 Å². The van der Waals surface area contributed by atoms with Gasteiger partial charge in [-0.05, 0) is 29.8 Å². The van der Waals surface area contributed by atoms with E-state index in [4.69, 9.17) is 16.3 Å². The maximum atomic E-state index is 5.91. The third-order valence-corrected chi connectivity index (χ3v) is 3.35. The molecule has 0 aliphatic heterocycles. The number of aryl methyl sites for hydroxylation is 1. The Hall–Kier alpha value is -0.190. The third-order valence-electron chi connectivity index (χ3n) is 1.90. The minimum Gasteiger partial charge on any atom is -0.381 e. The summed E-state index contributed by atoms with van der Waals surface area (Å²) in [6.07, 6.45) is 0.774. The SMILES string of the molecule is COC(C)Cc1nc(C)c(Br)c(Cl)n1. The molecule has 0 fully saturated rings. The molecule has 78 valence electrons. The fourth-order valence-corrected chi connectivity index (χ4v) is 1.42. The van der Waals surface area contributed by atoms with E-state index in [1.165, 1.54) is 0 Å². The Labute approximate surface area is 97.0 Å². The predicted octanol–water partition coefficient (Wildman–Crippen LogP) is 2.78. The maximum Gasteiger partial charge on any atom is 0.147 e. The third kappa shape index (κ3) is 2.90. The lowest BCUT2D eigenvalue weighted by Gasteiger charge is -2.09. The van der Waals surface area contributed by atoms with E-state index < -0.39 is 0 Å². The van der Waals surface area contributed by atoms with Crippen molar-refractivity contribution in [3.8, 4) is 0 Å². The van der Waals surface area contributed by atoms with Crippen LogP contribution in [0.1, 0.15) is 18.4 Å². The van der Waals surface area contributed by atoms with Gasteiger partial charge >= 0.3 is 0 Å². The van der Waals surface area contributed by atoms with Crippen molar-refractivity contribution in [1.29, 1.82) is 0 Å². The van der Waals surface area contributed by atoms with Gasteiger partial charge < -0.3 is 4.74 Å². The van der Waals surface area contributed by atoms with Gasteiger partial charge in [-0.25, -0.2) is 9.97 Å². The summed E-state index contributed by atoms with van der Waals surface area (Å²) in [6.45, 7) is 3.85. The summed E-state index contributed by atoms with van der Waals surface area (Å²) in [7, 11) is 1.66. The molecule has 0 aliphatic rings. The average Bonchev–Trinajstić information content (AvgIpc) is 2.14. The van der Waals surface area contributed by atoms with Crippen LogP contribution in [0.2, 0.25) is 5.15 Å². The Morgan fingerprint density at radius 1 is 1.50 bits per heavy atom. The zero-order valence-corrected chi connectivity index (χ0v) is 10.7. The van der Waals surface area contributed by atoms with Gasteiger partial charge in [0.05, 0.1) is 16.3 Å². The van der Waals surface area contributed by atoms with Crippen molar-refractivity contribution in [2.75, 3.05) is 7.11 Å². The molecule has 1 atom stereocenters. The first-order valence-corrected chi connectivity index (χ1v) is 5.43. The predicted molar refractivity (Wildman–Crippen MR) is 59.7 cm³/mol. The molecule has 0 amide bonds. The molecule has 3 nitrogen and oxygen atoms in total. The number of hydrogen-bond acceptors (Lipinski definition) is 3. The molecule has 1 aromatic rings. The van der Waals surface area contributed by atoms with Crippen LogP contribution in [0.5, 0.6) is 0 Å². The van der Waals surface area contributed by atoms with Crippen LogP contribution in [0.25, 0.3) is 0 Å². The summed E-state index contributed by atoms with van der Waals surface area (Å²) in [5, 5.41) is 0.454. The summed E-state index contributed by atoms with van der Waals surface area (Å²) in [4.78, 5) is 8.45. The molecule has 0 spiro atoms. The van der Waals surface area contributed by atoms with Gasteiger partial charge in [0.1, 0.15) is 11.0 Å². The molecule has 0 aromatic carbocycles. The monoisotopic (exact) mass is 278 g/mol. The molecular formula is C9H12BrClN2O. The summed E-state index contributed by atoms with van der Waals surface area (Å²) < 4.78 is 5.89. The Kier molecular flexibility index (Phi) is 4.29. The smallest absolute Gasteiger partial charge is 0.147 e. The molecule has 1 heterocycles. The second-order valence-electron chi connectivity index (χ2n) is 3.08. The molecule has 5 heteroatoms. The minimum atomic E-state index is 0.103. The van der Waals surface area contributed by atoms with E-state index in [1.54, 1.807) is 7.11 Å². The van der Waals surface area contributed by atoms with Gasteiger partial charge in [-0.2, -0.15) is 0 Å². The van der Waals surface area contributed by atoms with Crippen molar-refractivity contribution in [3.63, 3.8) is 0 Å². The van der Waals surface area contributed by atoms with Gasteiger partial charge in [-0.1, -0.05) is 11.6 Å². The summed E-state index contributed by atoms with van der Waals surface area (Å²) in [5.41, 5.74) is 0.850. The quantitative estimate of drug-likeness (QED) is 0.798. The van der Waals surface area contributed by atoms with Crippen molar-refractivity contribution in [1.82, 2.24) is 9.97 Å². The Balaban J connectivity index is 2.89. The topological polar surface area (TPSA) is 35.0 Å². The van der Waals surface area contributed by atoms with E-state index in [-0.39, 0.29) is 6.10 Å². The number of halogens is 2. The van der Waals surface area contributed by atoms with Gasteiger partial charge in [-0.3, -0.25) is 0 Å². The van der Waals surface area contributed by atoms with Crippen LogP contribution in [-0.4, -0.2) is 23.2 Å². The lowest BCUT2D eigenvalue weighted by Crippen LogP contribution is -2.12. The maximum absolute atomic E-state index is 5.91. The fraction of sp³-hybridized carbons (Fsp3) is 0.556. The van der Waals surface area contributed by atoms with E-state index in [2.05, 4.69) is 25.9 Å². The largest absolute Gasteiger partial charge is 0.381 e. The molecule has 0 bridgehead atoms. The Morgan fingerprint density at radius 3 is 2.64 bits per heavy atom. The lowest BCUT2D eigenvalue weighted by molar-refractivity contribution is 0.117. The van der Waals surface area contributed by atoms with Crippen LogP contribution in [-0.2, 0) is 11.2 Å². The summed E-state index contributed by atoms with van der Waals surface area (Å²) >= 11 is 9.22. The lowest BCUT2D eigenvalue weighted by atomic mass is 10.2. The van der Waals surface area contributed by atoms with Crippen LogP contribution in [0.15, 0.2) is 4.47 Å². The molecule has 0 N–H and O–H groups in total. The number of methoxy groups -OCH3 is 1. The highest BCUT2D eigenvalue weighted by atomic mass is 79.9. The molecule has 0 radical (unpaired) electrons. The van der Waals surface area contributed by atoms with Crippen molar-refractivity contribution >= 4 is 27.5 Å². The second kappa shape index (κ2) is 5.05. The van der Waals surface area contributed by atoms with Crippen molar-refractivity contribution in [2.45, 2.75) is 26.4 Å². The zero-order chi connectivity index (χ0) is 10.7. The first kappa shape index (κ1) is 11.9. The van der Waals surface area contributed by atoms with Crippen molar-refractivity contribution in [2.24, 2.45) is 0 Å². The standard InChI is InChI=1S/C9H12BrClN2O/c1-5(14-3)4-7-12-6(2)8(10)9(11)13-7/h5H,4H2,1-3H3. The highest BCUT2D eigenvalue weighted by Gasteiger charge is 2.09. The molecular weight excluding hydrogens is 267 g/mol. The molecule has 0 saturated carbocycles. The van der Waals surface area contributed by atoms with Crippen LogP contribution in [0, 0.1) is 6.92 Å². The van der Waals surface area contributed by atoms with Crippen molar-refractivity contribution < 1.29 is 4.74 Å². The highest BCUT2D eigenvalue weighted by molar-refractivity contribution is 9.10. The Morgan fingerprint density at radius 2 is 2.14 bits per heavy atom. The van der Waals surface area contributed by atoms with Crippen LogP contribution < -0.4 is 0 Å². The Bertz CT molecular complexity index is 310. The summed E-state index contributed by atoms with van der Waals surface area (Å²) in [6, 6.07) is 0. The molecule has 1 unspecified atom stereocenters. The van der Waals surface area contributed by atoms with Gasteiger partial charge in [0.2, 0.25) is 0 Å². The number of rotatable bonds is 3. The molecule has 1 aromatic heterocycles. The van der Waals surface area contributed by atoms with E-state index in [0.29, 0.717) is 17.4 Å². The number of hydrogen-bond donors (Lipinski definition) is 0. The highest BCUT2D eigenvalue weighted by Crippen LogP contribution is 2.22. The number of nitrogens with zero attached hydrogens (tertiary/aromatic N) is 2. The normalized spacial score (nSPS) is 12.9. The van der Waals surface area contributed by atoms with E-state index in [1.807, 2.05) is 13.8 Å². The van der Waals surface area contributed by atoms with E-state index in [0.717, 1.165) is 10.2 Å². The molecule has 1 rings (SSSR count). The first-order valence-electron chi connectivity index (χ1n) is 4.26. The van der Waals surface area contributed by atoms with Crippen molar-refractivity contribution in [3.05, 3.63) is 21.1 Å². The number of ether oxygens (including phenoxy) is 1. The number of aromatic nitrogens is 2. The first-order chi connectivity index (χ1) is 6.54. The minimum absolute atomic E-state index is 0.103. The van der Waals surface area contributed by atoms with Gasteiger partial charge in [0, 0.05) is 13.5 Å². The van der Waals surface area contributed by atoms with Crippen LogP contribution >= 0.6 is 27.5 Å². The van der Waals surface area contributed by atoms with E-state index in [9.17, 15) is 0 Å². The summed E-state index contributed by atoms with van der Waals surface area (Å²) in [5.74, 6) is 0.713. The second-order valence-corrected chi connectivity index (χ2v) is 4.23. The van der Waals surface area contributed by atoms with Gasteiger partial charge in [0.25, 0.3) is 0 Å². The van der Waals surface area contributed by atoms with E-state index >= 15 is 0 Å². The zero-order valence-electron chi connectivity index (χ0n) is 8.34.